The number of hydrogen-bond acceptors (Lipinski definition) is 5. The van der Waals surface area contributed by atoms with Crippen LogP contribution in [-0.4, -0.2) is 48.9 Å². The number of ether oxygens (including phenoxy) is 1. The van der Waals surface area contributed by atoms with Gasteiger partial charge in [0, 0.05) is 26.7 Å². The summed E-state index contributed by atoms with van der Waals surface area (Å²) in [4.78, 5) is 7.15. The molecule has 7 heteroatoms. The minimum absolute atomic E-state index is 0.0316. The molecule has 3 heterocycles. The van der Waals surface area contributed by atoms with Crippen molar-refractivity contribution in [2.24, 2.45) is 7.05 Å². The van der Waals surface area contributed by atoms with Gasteiger partial charge < -0.3 is 13.9 Å². The zero-order chi connectivity index (χ0) is 16.5. The van der Waals surface area contributed by atoms with Gasteiger partial charge in [-0.15, -0.1) is 10.2 Å². The Kier molecular flexibility index (Phi) is 4.03. The summed E-state index contributed by atoms with van der Waals surface area (Å²) in [6.45, 7) is 6.16. The highest BCUT2D eigenvalue weighted by molar-refractivity contribution is 5.75. The molecule has 1 aliphatic heterocycles. The second kappa shape index (κ2) is 6.33. The molecule has 0 radical (unpaired) electrons. The van der Waals surface area contributed by atoms with Crippen molar-refractivity contribution in [2.75, 3.05) is 19.7 Å². The van der Waals surface area contributed by atoms with Crippen molar-refractivity contribution in [1.82, 2.24) is 29.2 Å². The fourth-order valence-corrected chi connectivity index (χ4v) is 3.30. The number of benzene rings is 1. The van der Waals surface area contributed by atoms with Crippen LogP contribution in [0.3, 0.4) is 0 Å². The normalized spacial score (nSPS) is 19.2. The largest absolute Gasteiger partial charge is 0.368 e. The van der Waals surface area contributed by atoms with Crippen LogP contribution >= 0.6 is 0 Å². The third-order valence-electron chi connectivity index (χ3n) is 4.67. The van der Waals surface area contributed by atoms with Crippen LogP contribution in [0, 0.1) is 0 Å². The van der Waals surface area contributed by atoms with Crippen molar-refractivity contribution in [3.05, 3.63) is 42.2 Å². The first kappa shape index (κ1) is 15.3. The number of aromatic nitrogens is 5. The fraction of sp³-hybridized carbons (Fsp3) is 0.471. The van der Waals surface area contributed by atoms with E-state index in [0.717, 1.165) is 43.3 Å². The van der Waals surface area contributed by atoms with Crippen molar-refractivity contribution < 1.29 is 4.74 Å². The van der Waals surface area contributed by atoms with Crippen LogP contribution in [0.15, 0.2) is 30.6 Å². The van der Waals surface area contributed by atoms with Gasteiger partial charge in [-0.3, -0.25) is 4.90 Å². The molecule has 0 amide bonds. The lowest BCUT2D eigenvalue weighted by Crippen LogP contribution is -2.39. The molecule has 1 atom stereocenters. The van der Waals surface area contributed by atoms with Crippen LogP contribution in [0.25, 0.3) is 11.0 Å². The van der Waals surface area contributed by atoms with Crippen LogP contribution in [-0.2, 0) is 24.9 Å². The molecule has 0 saturated carbocycles. The van der Waals surface area contributed by atoms with Gasteiger partial charge in [0.1, 0.15) is 18.3 Å². The first-order valence-corrected chi connectivity index (χ1v) is 8.38. The molecule has 0 spiro atoms. The van der Waals surface area contributed by atoms with Crippen LogP contribution in [0.5, 0.6) is 0 Å². The Balaban J connectivity index is 1.53. The quantitative estimate of drug-likeness (QED) is 0.731. The number of fused-ring (bicyclic) bond motifs is 1. The van der Waals surface area contributed by atoms with Gasteiger partial charge in [0.25, 0.3) is 0 Å². The molecule has 1 aliphatic rings. The zero-order valence-electron chi connectivity index (χ0n) is 14.1. The Morgan fingerprint density at radius 2 is 2.17 bits per heavy atom. The van der Waals surface area contributed by atoms with Crippen molar-refractivity contribution in [1.29, 1.82) is 0 Å². The molecular weight excluding hydrogens is 304 g/mol. The molecule has 2 aromatic heterocycles. The molecular formula is C17H22N6O. The summed E-state index contributed by atoms with van der Waals surface area (Å²) < 4.78 is 10.1. The molecule has 0 bridgehead atoms. The van der Waals surface area contributed by atoms with Crippen LogP contribution in [0.1, 0.15) is 24.7 Å². The van der Waals surface area contributed by atoms with Crippen LogP contribution < -0.4 is 0 Å². The van der Waals surface area contributed by atoms with E-state index in [9.17, 15) is 0 Å². The van der Waals surface area contributed by atoms with Gasteiger partial charge in [-0.2, -0.15) is 0 Å². The van der Waals surface area contributed by atoms with E-state index >= 15 is 0 Å². The maximum absolute atomic E-state index is 5.93. The number of nitrogens with zero attached hydrogens (tertiary/aromatic N) is 6. The molecule has 3 aromatic rings. The highest BCUT2D eigenvalue weighted by Gasteiger charge is 2.26. The van der Waals surface area contributed by atoms with Crippen molar-refractivity contribution in [3.63, 3.8) is 0 Å². The first-order chi connectivity index (χ1) is 11.8. The highest BCUT2D eigenvalue weighted by Crippen LogP contribution is 2.22. The van der Waals surface area contributed by atoms with E-state index in [1.54, 1.807) is 6.33 Å². The highest BCUT2D eigenvalue weighted by atomic mass is 16.5. The average Bonchev–Trinajstić information content (AvgIpc) is 3.21. The average molecular weight is 326 g/mol. The Bertz CT molecular complexity index is 839. The number of aryl methyl sites for hydroxylation is 2. The molecule has 24 heavy (non-hydrogen) atoms. The summed E-state index contributed by atoms with van der Waals surface area (Å²) in [5, 5.41) is 8.26. The lowest BCUT2D eigenvalue weighted by atomic mass is 10.2. The van der Waals surface area contributed by atoms with E-state index in [0.29, 0.717) is 6.61 Å². The molecule has 4 rings (SSSR count). The Morgan fingerprint density at radius 1 is 1.29 bits per heavy atom. The molecule has 0 unspecified atom stereocenters. The predicted octanol–water partition coefficient (Wildman–Crippen LogP) is 1.76. The van der Waals surface area contributed by atoms with E-state index in [-0.39, 0.29) is 6.10 Å². The lowest BCUT2D eigenvalue weighted by molar-refractivity contribution is -0.0397. The van der Waals surface area contributed by atoms with Crippen LogP contribution in [0.4, 0.5) is 0 Å². The van der Waals surface area contributed by atoms with Gasteiger partial charge in [0.2, 0.25) is 0 Å². The molecule has 7 nitrogen and oxygen atoms in total. The van der Waals surface area contributed by atoms with Crippen LogP contribution in [0.2, 0.25) is 0 Å². The molecule has 1 fully saturated rings. The maximum atomic E-state index is 5.93. The maximum Gasteiger partial charge on any atom is 0.163 e. The van der Waals surface area contributed by atoms with E-state index in [4.69, 9.17) is 9.72 Å². The Hall–Kier alpha value is -2.25. The van der Waals surface area contributed by atoms with Gasteiger partial charge in [0.05, 0.1) is 24.2 Å². The summed E-state index contributed by atoms with van der Waals surface area (Å²) in [6, 6.07) is 8.25. The summed E-state index contributed by atoms with van der Waals surface area (Å²) in [5.74, 6) is 1.99. The fourth-order valence-electron chi connectivity index (χ4n) is 3.30. The summed E-state index contributed by atoms with van der Waals surface area (Å²) >= 11 is 0. The van der Waals surface area contributed by atoms with Crippen molar-refractivity contribution in [2.45, 2.75) is 26.1 Å². The molecule has 0 aliphatic carbocycles. The summed E-state index contributed by atoms with van der Waals surface area (Å²) in [7, 11) is 2.08. The number of imidazole rings is 1. The second-order valence-corrected chi connectivity index (χ2v) is 6.15. The Morgan fingerprint density at radius 3 is 3.00 bits per heavy atom. The summed E-state index contributed by atoms with van der Waals surface area (Å²) in [5.41, 5.74) is 2.22. The number of hydrogen-bond donors (Lipinski definition) is 0. The van der Waals surface area contributed by atoms with E-state index in [1.165, 1.54) is 5.52 Å². The predicted molar refractivity (Wildman–Crippen MR) is 90.4 cm³/mol. The monoisotopic (exact) mass is 326 g/mol. The molecule has 1 saturated heterocycles. The number of rotatable bonds is 4. The van der Waals surface area contributed by atoms with Gasteiger partial charge in [-0.1, -0.05) is 12.1 Å². The third-order valence-corrected chi connectivity index (χ3v) is 4.67. The molecule has 126 valence electrons. The van der Waals surface area contributed by atoms with Crippen molar-refractivity contribution in [3.8, 4) is 0 Å². The zero-order valence-corrected chi connectivity index (χ0v) is 14.1. The van der Waals surface area contributed by atoms with Gasteiger partial charge in [0.15, 0.2) is 5.82 Å². The van der Waals surface area contributed by atoms with E-state index < -0.39 is 0 Å². The second-order valence-electron chi connectivity index (χ2n) is 6.15. The number of morpholine rings is 1. The van der Waals surface area contributed by atoms with E-state index in [2.05, 4.69) is 51.8 Å². The summed E-state index contributed by atoms with van der Waals surface area (Å²) in [6.07, 6.45) is 1.74. The SMILES string of the molecule is CCn1cnnc1[C@H]1CN(Cc2nc3ccccc3n2C)CCO1. The van der Waals surface area contributed by atoms with Gasteiger partial charge >= 0.3 is 0 Å². The smallest absolute Gasteiger partial charge is 0.163 e. The third kappa shape index (κ3) is 2.70. The molecule has 1 aromatic carbocycles. The topological polar surface area (TPSA) is 61.0 Å². The lowest BCUT2D eigenvalue weighted by Gasteiger charge is -2.32. The van der Waals surface area contributed by atoms with E-state index in [1.807, 2.05) is 10.6 Å². The number of para-hydroxylation sites is 2. The minimum atomic E-state index is -0.0316. The first-order valence-electron chi connectivity index (χ1n) is 8.38. The Labute approximate surface area is 140 Å². The van der Waals surface area contributed by atoms with Gasteiger partial charge in [-0.05, 0) is 19.1 Å². The molecule has 0 N–H and O–H groups in total. The van der Waals surface area contributed by atoms with Gasteiger partial charge in [-0.25, -0.2) is 4.98 Å². The standard InChI is InChI=1S/C17H22N6O/c1-3-23-12-18-20-17(23)15-10-22(8-9-24-15)11-16-19-13-6-4-5-7-14(13)21(16)2/h4-7,12,15H,3,8-11H2,1-2H3/t15-/m1/s1. The van der Waals surface area contributed by atoms with Crippen molar-refractivity contribution >= 4 is 11.0 Å². The minimum Gasteiger partial charge on any atom is -0.368 e.